The molecule has 0 aromatic heterocycles. The normalized spacial score (nSPS) is 11.2. The van der Waals surface area contributed by atoms with E-state index in [1.54, 1.807) is 31.2 Å². The number of carbonyl (C=O) groups is 2. The first-order valence-corrected chi connectivity index (χ1v) is 7.71. The molecule has 1 N–H and O–H groups in total. The molecular weight excluding hydrogens is 320 g/mol. The van der Waals surface area contributed by atoms with Gasteiger partial charge in [0.15, 0.2) is 6.10 Å². The Labute approximate surface area is 145 Å². The molecule has 0 fully saturated rings. The maximum absolute atomic E-state index is 12.6. The number of carboxylic acid groups (broad SMARTS) is 1. The maximum atomic E-state index is 12.6. The van der Waals surface area contributed by atoms with Crippen LogP contribution in [0.2, 0.25) is 0 Å². The van der Waals surface area contributed by atoms with E-state index in [-0.39, 0.29) is 6.54 Å². The van der Waals surface area contributed by atoms with E-state index in [1.165, 1.54) is 4.90 Å². The molecule has 0 saturated carbocycles. The predicted molar refractivity (Wildman–Crippen MR) is 90.7 cm³/mol. The Balaban J connectivity index is 2.08. The number of ether oxygens (including phenoxy) is 1. The number of rotatable bonds is 7. The molecule has 2 aromatic rings. The Morgan fingerprint density at radius 1 is 1.16 bits per heavy atom. The van der Waals surface area contributed by atoms with E-state index in [4.69, 9.17) is 15.1 Å². The average Bonchev–Trinajstić information content (AvgIpc) is 2.61. The van der Waals surface area contributed by atoms with Gasteiger partial charge in [-0.05, 0) is 36.8 Å². The molecule has 128 valence electrons. The topological polar surface area (TPSA) is 90.6 Å². The van der Waals surface area contributed by atoms with Crippen molar-refractivity contribution in [1.29, 1.82) is 5.26 Å². The summed E-state index contributed by atoms with van der Waals surface area (Å²) in [6.45, 7) is 1.35. The fourth-order valence-corrected chi connectivity index (χ4v) is 2.30. The largest absolute Gasteiger partial charge is 0.481 e. The van der Waals surface area contributed by atoms with Crippen LogP contribution in [0.5, 0.6) is 5.75 Å². The minimum atomic E-state index is -1.09. The maximum Gasteiger partial charge on any atom is 0.323 e. The van der Waals surface area contributed by atoms with E-state index in [2.05, 4.69) is 0 Å². The molecule has 1 atom stereocenters. The highest BCUT2D eigenvalue weighted by Gasteiger charge is 2.24. The molecule has 25 heavy (non-hydrogen) atoms. The highest BCUT2D eigenvalue weighted by molar-refractivity contribution is 5.84. The Hall–Kier alpha value is -3.33. The second-order valence-electron chi connectivity index (χ2n) is 5.47. The minimum absolute atomic E-state index is 0.188. The van der Waals surface area contributed by atoms with Crippen LogP contribution in [0.15, 0.2) is 54.6 Å². The zero-order valence-electron chi connectivity index (χ0n) is 13.8. The number of aliphatic carboxylic acids is 1. The Morgan fingerprint density at radius 3 is 2.36 bits per heavy atom. The van der Waals surface area contributed by atoms with Crippen LogP contribution in [0.25, 0.3) is 0 Å². The van der Waals surface area contributed by atoms with Gasteiger partial charge >= 0.3 is 5.97 Å². The number of hydrogen-bond acceptors (Lipinski definition) is 4. The fourth-order valence-electron chi connectivity index (χ4n) is 2.30. The summed E-state index contributed by atoms with van der Waals surface area (Å²) in [6.07, 6.45) is -0.851. The second kappa shape index (κ2) is 8.50. The van der Waals surface area contributed by atoms with Gasteiger partial charge in [0, 0.05) is 6.54 Å². The smallest absolute Gasteiger partial charge is 0.323 e. The van der Waals surface area contributed by atoms with E-state index in [0.29, 0.717) is 11.3 Å². The van der Waals surface area contributed by atoms with Crippen molar-refractivity contribution in [2.24, 2.45) is 0 Å². The first-order valence-electron chi connectivity index (χ1n) is 7.71. The Bertz CT molecular complexity index is 766. The van der Waals surface area contributed by atoms with Crippen LogP contribution in [0.3, 0.4) is 0 Å². The molecule has 0 aliphatic carbocycles. The lowest BCUT2D eigenvalue weighted by molar-refractivity contribution is -0.148. The van der Waals surface area contributed by atoms with Crippen LogP contribution in [-0.4, -0.2) is 34.5 Å². The molecule has 1 amide bonds. The Kier molecular flexibility index (Phi) is 6.13. The summed E-state index contributed by atoms with van der Waals surface area (Å²) < 4.78 is 5.58. The fraction of sp³-hybridized carbons (Fsp3) is 0.211. The van der Waals surface area contributed by atoms with Gasteiger partial charge in [-0.25, -0.2) is 0 Å². The van der Waals surface area contributed by atoms with E-state index >= 15 is 0 Å². The lowest BCUT2D eigenvalue weighted by Crippen LogP contribution is -2.42. The van der Waals surface area contributed by atoms with Crippen molar-refractivity contribution in [2.75, 3.05) is 6.54 Å². The van der Waals surface area contributed by atoms with E-state index < -0.39 is 24.5 Å². The number of benzene rings is 2. The molecule has 0 unspecified atom stereocenters. The number of amides is 1. The van der Waals surface area contributed by atoms with Crippen LogP contribution in [0.4, 0.5) is 0 Å². The zero-order chi connectivity index (χ0) is 18.2. The van der Waals surface area contributed by atoms with Crippen molar-refractivity contribution >= 4 is 11.9 Å². The molecule has 0 aliphatic rings. The standard InChI is InChI=1S/C19H18N2O4/c1-14(25-17-9-7-15(11-20)8-10-17)19(24)21(13-18(22)23)12-16-5-3-2-4-6-16/h2-10,14H,12-13H2,1H3,(H,22,23)/t14-/m1/s1. The van der Waals surface area contributed by atoms with Crippen molar-refractivity contribution in [2.45, 2.75) is 19.6 Å². The van der Waals surface area contributed by atoms with E-state index in [0.717, 1.165) is 5.56 Å². The van der Waals surface area contributed by atoms with E-state index in [9.17, 15) is 9.59 Å². The third-order valence-corrected chi connectivity index (χ3v) is 3.50. The van der Waals surface area contributed by atoms with Crippen LogP contribution in [-0.2, 0) is 16.1 Å². The zero-order valence-corrected chi connectivity index (χ0v) is 13.8. The molecule has 0 bridgehead atoms. The third-order valence-electron chi connectivity index (χ3n) is 3.50. The molecule has 0 radical (unpaired) electrons. The number of nitriles is 1. The van der Waals surface area contributed by atoms with Gasteiger partial charge in [0.05, 0.1) is 11.6 Å². The summed E-state index contributed by atoms with van der Waals surface area (Å²) in [5, 5.41) is 17.9. The van der Waals surface area contributed by atoms with Gasteiger partial charge in [0.2, 0.25) is 0 Å². The van der Waals surface area contributed by atoms with Gasteiger partial charge in [0.25, 0.3) is 5.91 Å². The lowest BCUT2D eigenvalue weighted by Gasteiger charge is -2.24. The first-order chi connectivity index (χ1) is 12.0. The van der Waals surface area contributed by atoms with Crippen molar-refractivity contribution < 1.29 is 19.4 Å². The summed E-state index contributed by atoms with van der Waals surface area (Å²) in [7, 11) is 0. The monoisotopic (exact) mass is 338 g/mol. The molecule has 0 saturated heterocycles. The number of carboxylic acids is 1. The van der Waals surface area contributed by atoms with Gasteiger partial charge in [0.1, 0.15) is 12.3 Å². The highest BCUT2D eigenvalue weighted by Crippen LogP contribution is 2.15. The molecule has 0 aliphatic heterocycles. The average molecular weight is 338 g/mol. The van der Waals surface area contributed by atoms with Crippen molar-refractivity contribution in [3.63, 3.8) is 0 Å². The number of carbonyl (C=O) groups excluding carboxylic acids is 1. The SMILES string of the molecule is C[C@@H](Oc1ccc(C#N)cc1)C(=O)N(CC(=O)O)Cc1ccccc1. The first kappa shape index (κ1) is 18.0. The van der Waals surface area contributed by atoms with Gasteiger partial charge in [-0.1, -0.05) is 30.3 Å². The third kappa shape index (κ3) is 5.36. The van der Waals surface area contributed by atoms with Crippen molar-refractivity contribution in [3.8, 4) is 11.8 Å². The molecule has 6 heteroatoms. The van der Waals surface area contributed by atoms with Crippen LogP contribution in [0.1, 0.15) is 18.1 Å². The van der Waals surface area contributed by atoms with Crippen molar-refractivity contribution in [1.82, 2.24) is 4.90 Å². The number of hydrogen-bond donors (Lipinski definition) is 1. The van der Waals surface area contributed by atoms with Gasteiger partial charge in [-0.3, -0.25) is 9.59 Å². The summed E-state index contributed by atoms with van der Waals surface area (Å²) in [4.78, 5) is 24.9. The minimum Gasteiger partial charge on any atom is -0.481 e. The predicted octanol–water partition coefficient (Wildman–Crippen LogP) is 2.44. The summed E-state index contributed by atoms with van der Waals surface area (Å²) in [6, 6.07) is 17.5. The van der Waals surface area contributed by atoms with Crippen LogP contribution < -0.4 is 4.74 Å². The van der Waals surface area contributed by atoms with E-state index in [1.807, 2.05) is 36.4 Å². The molecule has 6 nitrogen and oxygen atoms in total. The summed E-state index contributed by atoms with van der Waals surface area (Å²) >= 11 is 0. The quantitative estimate of drug-likeness (QED) is 0.837. The van der Waals surface area contributed by atoms with Crippen LogP contribution >= 0.6 is 0 Å². The summed E-state index contributed by atoms with van der Waals surface area (Å²) in [5.41, 5.74) is 1.32. The van der Waals surface area contributed by atoms with Gasteiger partial charge < -0.3 is 14.7 Å². The molecule has 0 heterocycles. The molecular formula is C19H18N2O4. The Morgan fingerprint density at radius 2 is 1.80 bits per heavy atom. The highest BCUT2D eigenvalue weighted by atomic mass is 16.5. The molecule has 0 spiro atoms. The number of nitrogens with zero attached hydrogens (tertiary/aromatic N) is 2. The summed E-state index contributed by atoms with van der Waals surface area (Å²) in [5.74, 6) is -1.07. The van der Waals surface area contributed by atoms with Crippen molar-refractivity contribution in [3.05, 3.63) is 65.7 Å². The van der Waals surface area contributed by atoms with Gasteiger partial charge in [-0.2, -0.15) is 5.26 Å². The molecule has 2 aromatic carbocycles. The van der Waals surface area contributed by atoms with Crippen LogP contribution in [0, 0.1) is 11.3 Å². The second-order valence-corrected chi connectivity index (χ2v) is 5.47. The lowest BCUT2D eigenvalue weighted by atomic mass is 10.2. The molecule has 2 rings (SSSR count). The van der Waals surface area contributed by atoms with Gasteiger partial charge in [-0.15, -0.1) is 0 Å².